The molecule has 0 fully saturated rings. The summed E-state index contributed by atoms with van der Waals surface area (Å²) in [4.78, 5) is 29.4. The zero-order valence-corrected chi connectivity index (χ0v) is 14.1. The molecule has 0 bridgehead atoms. The van der Waals surface area contributed by atoms with E-state index >= 15 is 0 Å². The topological polar surface area (TPSA) is 83.7 Å². The van der Waals surface area contributed by atoms with Crippen LogP contribution in [0.15, 0.2) is 40.6 Å². The number of thiazole rings is 1. The highest BCUT2D eigenvalue weighted by Crippen LogP contribution is 2.16. The molecule has 2 N–H and O–H groups in total. The SMILES string of the molecule is Cc1ccccc1C(O)CNC(=O)c1cnc2scc(C)n2c1=O. The van der Waals surface area contributed by atoms with Crippen molar-refractivity contribution < 1.29 is 9.90 Å². The summed E-state index contributed by atoms with van der Waals surface area (Å²) in [6.07, 6.45) is 0.445. The van der Waals surface area contributed by atoms with Crippen LogP contribution in [0.5, 0.6) is 0 Å². The highest BCUT2D eigenvalue weighted by molar-refractivity contribution is 7.15. The molecule has 24 heavy (non-hydrogen) atoms. The summed E-state index contributed by atoms with van der Waals surface area (Å²) < 4.78 is 1.41. The molecule has 0 aliphatic carbocycles. The fraction of sp³-hybridized carbons (Fsp3) is 0.235. The zero-order valence-electron chi connectivity index (χ0n) is 13.3. The van der Waals surface area contributed by atoms with Crippen LogP contribution in [0.25, 0.3) is 4.96 Å². The Bertz CT molecular complexity index is 961. The third-order valence-corrected chi connectivity index (χ3v) is 4.82. The van der Waals surface area contributed by atoms with Gasteiger partial charge >= 0.3 is 0 Å². The zero-order chi connectivity index (χ0) is 17.3. The summed E-state index contributed by atoms with van der Waals surface area (Å²) in [6.45, 7) is 3.70. The Hall–Kier alpha value is -2.51. The van der Waals surface area contributed by atoms with E-state index in [-0.39, 0.29) is 12.1 Å². The Balaban J connectivity index is 1.78. The lowest BCUT2D eigenvalue weighted by molar-refractivity contribution is 0.0914. The predicted molar refractivity (Wildman–Crippen MR) is 92.5 cm³/mol. The van der Waals surface area contributed by atoms with Gasteiger partial charge in [0.05, 0.1) is 6.10 Å². The Morgan fingerprint density at radius 2 is 2.12 bits per heavy atom. The van der Waals surface area contributed by atoms with Gasteiger partial charge < -0.3 is 10.4 Å². The third-order valence-electron chi connectivity index (χ3n) is 3.86. The van der Waals surface area contributed by atoms with E-state index in [0.29, 0.717) is 4.96 Å². The maximum absolute atomic E-state index is 12.4. The summed E-state index contributed by atoms with van der Waals surface area (Å²) in [5, 5.41) is 14.7. The van der Waals surface area contributed by atoms with Gasteiger partial charge in [-0.1, -0.05) is 24.3 Å². The Morgan fingerprint density at radius 1 is 1.38 bits per heavy atom. The molecule has 3 rings (SSSR count). The molecule has 2 aromatic heterocycles. The molecule has 1 aromatic carbocycles. The summed E-state index contributed by atoms with van der Waals surface area (Å²) in [7, 11) is 0. The number of aliphatic hydroxyl groups is 1. The van der Waals surface area contributed by atoms with Crippen molar-refractivity contribution in [3.8, 4) is 0 Å². The number of rotatable bonds is 4. The lowest BCUT2D eigenvalue weighted by atomic mass is 10.0. The van der Waals surface area contributed by atoms with E-state index < -0.39 is 17.6 Å². The van der Waals surface area contributed by atoms with Gasteiger partial charge in [-0.3, -0.25) is 14.0 Å². The van der Waals surface area contributed by atoms with E-state index in [1.165, 1.54) is 21.9 Å². The molecule has 6 nitrogen and oxygen atoms in total. The molecule has 1 atom stereocenters. The number of hydrogen-bond acceptors (Lipinski definition) is 5. The van der Waals surface area contributed by atoms with Crippen LogP contribution in [0, 0.1) is 13.8 Å². The van der Waals surface area contributed by atoms with E-state index in [2.05, 4.69) is 10.3 Å². The first-order valence-corrected chi connectivity index (χ1v) is 8.34. The molecule has 0 saturated carbocycles. The van der Waals surface area contributed by atoms with Crippen molar-refractivity contribution in [2.75, 3.05) is 6.54 Å². The van der Waals surface area contributed by atoms with Crippen molar-refractivity contribution in [2.45, 2.75) is 20.0 Å². The van der Waals surface area contributed by atoms with Crippen molar-refractivity contribution in [2.24, 2.45) is 0 Å². The van der Waals surface area contributed by atoms with Crippen LogP contribution in [0.4, 0.5) is 0 Å². The van der Waals surface area contributed by atoms with Crippen LogP contribution in [-0.2, 0) is 0 Å². The van der Waals surface area contributed by atoms with Crippen LogP contribution in [0.2, 0.25) is 0 Å². The average Bonchev–Trinajstić information content (AvgIpc) is 2.95. The first kappa shape index (κ1) is 16.4. The summed E-state index contributed by atoms with van der Waals surface area (Å²) in [6, 6.07) is 7.42. The summed E-state index contributed by atoms with van der Waals surface area (Å²) in [5.41, 5.74) is 1.99. The number of aryl methyl sites for hydroxylation is 2. The fourth-order valence-electron chi connectivity index (χ4n) is 2.54. The van der Waals surface area contributed by atoms with Crippen LogP contribution >= 0.6 is 11.3 Å². The maximum Gasteiger partial charge on any atom is 0.271 e. The number of nitrogens with zero attached hydrogens (tertiary/aromatic N) is 2. The van der Waals surface area contributed by atoms with Gasteiger partial charge in [0, 0.05) is 23.8 Å². The highest BCUT2D eigenvalue weighted by atomic mass is 32.1. The second-order valence-corrected chi connectivity index (χ2v) is 6.39. The monoisotopic (exact) mass is 343 g/mol. The van der Waals surface area contributed by atoms with Crippen molar-refractivity contribution in [3.63, 3.8) is 0 Å². The van der Waals surface area contributed by atoms with Crippen LogP contribution in [0.1, 0.15) is 33.3 Å². The minimum atomic E-state index is -0.836. The standard InChI is InChI=1S/C17H17N3O3S/c1-10-5-3-4-6-12(10)14(21)8-18-15(22)13-7-19-17-20(16(13)23)11(2)9-24-17/h3-7,9,14,21H,8H2,1-2H3,(H,18,22). The van der Waals surface area contributed by atoms with Gasteiger partial charge in [-0.15, -0.1) is 11.3 Å². The molecule has 1 amide bonds. The predicted octanol–water partition coefficient (Wildman–Crippen LogP) is 1.84. The van der Waals surface area contributed by atoms with Gasteiger partial charge in [0.1, 0.15) is 5.56 Å². The molecule has 0 aliphatic heterocycles. The van der Waals surface area contributed by atoms with Gasteiger partial charge in [0.2, 0.25) is 0 Å². The molecule has 124 valence electrons. The Kier molecular flexibility index (Phi) is 4.46. The molecule has 2 heterocycles. The quantitative estimate of drug-likeness (QED) is 0.757. The first-order chi connectivity index (χ1) is 11.5. The van der Waals surface area contributed by atoms with Gasteiger partial charge in [-0.25, -0.2) is 4.98 Å². The third kappa shape index (κ3) is 2.95. The van der Waals surface area contributed by atoms with E-state index in [9.17, 15) is 14.7 Å². The van der Waals surface area contributed by atoms with Crippen LogP contribution < -0.4 is 10.9 Å². The number of nitrogens with one attached hydrogen (secondary N) is 1. The Labute approximate surface area is 142 Å². The molecule has 0 radical (unpaired) electrons. The first-order valence-electron chi connectivity index (χ1n) is 7.46. The van der Waals surface area contributed by atoms with Gasteiger partial charge in [0.15, 0.2) is 4.96 Å². The fourth-order valence-corrected chi connectivity index (χ4v) is 3.36. The van der Waals surface area contributed by atoms with Gasteiger partial charge in [-0.2, -0.15) is 0 Å². The van der Waals surface area contributed by atoms with Crippen molar-refractivity contribution in [1.29, 1.82) is 0 Å². The smallest absolute Gasteiger partial charge is 0.271 e. The van der Waals surface area contributed by atoms with Crippen LogP contribution in [-0.4, -0.2) is 26.9 Å². The lowest BCUT2D eigenvalue weighted by Crippen LogP contribution is -2.34. The van der Waals surface area contributed by atoms with Crippen molar-refractivity contribution in [1.82, 2.24) is 14.7 Å². The second-order valence-electron chi connectivity index (χ2n) is 5.55. The summed E-state index contributed by atoms with van der Waals surface area (Å²) in [5.74, 6) is -0.542. The van der Waals surface area contributed by atoms with Crippen LogP contribution in [0.3, 0.4) is 0 Å². The molecule has 0 aliphatic rings. The minimum Gasteiger partial charge on any atom is -0.387 e. The van der Waals surface area contributed by atoms with E-state index in [0.717, 1.165) is 16.8 Å². The number of aliphatic hydroxyl groups excluding tert-OH is 1. The van der Waals surface area contributed by atoms with E-state index in [1.54, 1.807) is 6.92 Å². The molecule has 3 aromatic rings. The minimum absolute atomic E-state index is 0.0223. The highest BCUT2D eigenvalue weighted by Gasteiger charge is 2.17. The van der Waals surface area contributed by atoms with Crippen molar-refractivity contribution >= 4 is 22.2 Å². The maximum atomic E-state index is 12.4. The number of hydrogen-bond donors (Lipinski definition) is 2. The van der Waals surface area contributed by atoms with E-state index in [1.807, 2.05) is 36.6 Å². The second kappa shape index (κ2) is 6.54. The summed E-state index contributed by atoms with van der Waals surface area (Å²) >= 11 is 1.35. The number of benzene rings is 1. The normalized spacial score (nSPS) is 12.3. The number of carbonyl (C=O) groups excluding carboxylic acids is 1. The van der Waals surface area contributed by atoms with Gasteiger partial charge in [-0.05, 0) is 25.0 Å². The largest absolute Gasteiger partial charge is 0.387 e. The Morgan fingerprint density at radius 3 is 2.88 bits per heavy atom. The van der Waals surface area contributed by atoms with Crippen molar-refractivity contribution in [3.05, 3.63) is 68.6 Å². The molecule has 7 heteroatoms. The van der Waals surface area contributed by atoms with E-state index in [4.69, 9.17) is 0 Å². The molecule has 0 spiro atoms. The number of carbonyl (C=O) groups is 1. The molecular formula is C17H17N3O3S. The molecule has 1 unspecified atom stereocenters. The number of aromatic nitrogens is 2. The van der Waals surface area contributed by atoms with Gasteiger partial charge in [0.25, 0.3) is 11.5 Å². The number of fused-ring (bicyclic) bond motifs is 1. The number of amides is 1. The molecule has 0 saturated heterocycles. The molecular weight excluding hydrogens is 326 g/mol. The lowest BCUT2D eigenvalue weighted by Gasteiger charge is -2.14. The average molecular weight is 343 g/mol.